The predicted molar refractivity (Wildman–Crippen MR) is 354 cm³/mol. The highest BCUT2D eigenvalue weighted by Gasteiger charge is 2.61. The van der Waals surface area contributed by atoms with Crippen molar-refractivity contribution in [1.82, 2.24) is 26.6 Å². The van der Waals surface area contributed by atoms with Crippen molar-refractivity contribution in [3.8, 4) is 0 Å². The molecule has 0 radical (unpaired) electrons. The van der Waals surface area contributed by atoms with Gasteiger partial charge in [-0.3, -0.25) is 24.0 Å². The molecule has 0 bridgehead atoms. The van der Waals surface area contributed by atoms with Crippen molar-refractivity contribution in [2.45, 2.75) is 318 Å². The summed E-state index contributed by atoms with van der Waals surface area (Å²) in [7, 11) is 0. The molecular formula is C64H107N5O45. The molecular weight excluding hydrogens is 1560 g/mol. The minimum atomic E-state index is -2.58. The second-order valence-corrected chi connectivity index (χ2v) is 28.9. The van der Waals surface area contributed by atoms with E-state index in [1.54, 1.807) is 0 Å². The van der Waals surface area contributed by atoms with Crippen LogP contribution in [0.25, 0.3) is 0 Å². The van der Waals surface area contributed by atoms with Crippen LogP contribution in [0.4, 0.5) is 0 Å². The van der Waals surface area contributed by atoms with Gasteiger partial charge in [0.05, 0.1) is 59.0 Å². The lowest BCUT2D eigenvalue weighted by Crippen LogP contribution is -2.71. The highest BCUT2D eigenvalue weighted by molar-refractivity contribution is 5.75. The smallest absolute Gasteiger partial charge is 0.217 e. The Kier molecular flexibility index (Phi) is 33.6. The Morgan fingerprint density at radius 1 is 0.246 bits per heavy atom. The third-order valence-electron chi connectivity index (χ3n) is 20.7. The van der Waals surface area contributed by atoms with Crippen LogP contribution >= 0.6 is 0 Å². The molecule has 50 heteroatoms. The fourth-order valence-corrected chi connectivity index (χ4v) is 14.7. The summed E-state index contributed by atoms with van der Waals surface area (Å²) < 4.78 is 102. The van der Waals surface area contributed by atoms with E-state index in [0.717, 1.165) is 34.6 Å². The number of aliphatic hydroxyl groups is 23. The number of ether oxygens (including phenoxy) is 17. The highest BCUT2D eigenvalue weighted by atomic mass is 16.8. The molecule has 9 aliphatic rings. The lowest BCUT2D eigenvalue weighted by Gasteiger charge is -2.51. The van der Waals surface area contributed by atoms with Gasteiger partial charge >= 0.3 is 0 Å². The van der Waals surface area contributed by atoms with Gasteiger partial charge in [-0.2, -0.15) is 0 Å². The summed E-state index contributed by atoms with van der Waals surface area (Å²) in [5.41, 5.74) is 0. The quantitative estimate of drug-likeness (QED) is 0.0331. The van der Waals surface area contributed by atoms with E-state index in [-0.39, 0.29) is 0 Å². The van der Waals surface area contributed by atoms with Crippen molar-refractivity contribution < 1.29 is 222 Å². The summed E-state index contributed by atoms with van der Waals surface area (Å²) in [5.74, 6) is -4.41. The lowest BCUT2D eigenvalue weighted by atomic mass is 9.93. The van der Waals surface area contributed by atoms with Crippen LogP contribution in [0.5, 0.6) is 0 Å². The average Bonchev–Trinajstić information content (AvgIpc) is 0.776. The number of aliphatic hydroxyl groups excluding tert-OH is 23. The first-order valence-electron chi connectivity index (χ1n) is 36.5. The van der Waals surface area contributed by atoms with Crippen molar-refractivity contribution in [3.63, 3.8) is 0 Å². The topological polar surface area (TPSA) is 768 Å². The van der Waals surface area contributed by atoms with E-state index in [4.69, 9.17) is 80.5 Å². The average molecular weight is 1670 g/mol. The second-order valence-electron chi connectivity index (χ2n) is 28.9. The maximum atomic E-state index is 13.2. The van der Waals surface area contributed by atoms with Gasteiger partial charge in [0.1, 0.15) is 213 Å². The SMILES string of the molecule is CC(=O)N[C@@H]1[C@@H](O)[C@H](O[C@@H]2O[C@H](CO)[C@@H](O[C@@H]3O[C@H](CO[C@H]4O[C@H](CO)[C@@H](O)[C@H](O)[C@@H]4O[C@@H]4O[C@H](CO)[C@@H](O)[C@H](O)[C@H]4NC(C)=O)[C@@H](O)[C@H](O[C@H]4O[C@H](CO)[C@@H](O)[C@H](O)[C@@H]4O[C@@H]4O[C@H](CO)[C@@H](O[C@@H]5O[C@H](CO)[C@H](O)[C@H](O)[C@H]5NC(C)=O)[C@H](O)[C@H]4NC(C)=O)[C@@H]3O)[C@H](O)[C@H]2NC(C)=O)[C@@H](CO[C@@H]2O[C@@H](C)[C@@H](O)[C@@H](O)[C@@H]2O)O[C@H]1O. The molecule has 45 atom stereocenters. The third-order valence-corrected chi connectivity index (χ3v) is 20.7. The molecule has 0 aromatic heterocycles. The molecule has 9 saturated heterocycles. The molecule has 0 aromatic rings. The fraction of sp³-hybridized carbons (Fsp3) is 0.922. The van der Waals surface area contributed by atoms with E-state index in [1.807, 2.05) is 0 Å². The van der Waals surface area contributed by atoms with Crippen LogP contribution in [0.2, 0.25) is 0 Å². The van der Waals surface area contributed by atoms with Gasteiger partial charge in [-0.05, 0) is 6.92 Å². The zero-order valence-corrected chi connectivity index (χ0v) is 61.9. The number of hydrogen-bond donors (Lipinski definition) is 28. The molecule has 0 saturated carbocycles. The summed E-state index contributed by atoms with van der Waals surface area (Å²) in [4.78, 5) is 63.5. The fourth-order valence-electron chi connectivity index (χ4n) is 14.7. The van der Waals surface area contributed by atoms with E-state index in [1.165, 1.54) is 6.92 Å². The summed E-state index contributed by atoms with van der Waals surface area (Å²) in [6.45, 7) is -2.37. The Balaban J connectivity index is 1.06. The Hall–Kier alpha value is -4.25. The highest BCUT2D eigenvalue weighted by Crippen LogP contribution is 2.40. The van der Waals surface area contributed by atoms with Gasteiger partial charge in [-0.25, -0.2) is 0 Å². The first-order chi connectivity index (χ1) is 53.8. The van der Waals surface area contributed by atoms with Gasteiger partial charge in [0.2, 0.25) is 29.5 Å². The number of nitrogens with one attached hydrogen (secondary N) is 5. The first-order valence-corrected chi connectivity index (χ1v) is 36.5. The molecule has 0 unspecified atom stereocenters. The summed E-state index contributed by atoms with van der Waals surface area (Å²) in [6, 6.07) is -9.09. The Morgan fingerprint density at radius 3 is 0.956 bits per heavy atom. The molecule has 9 fully saturated rings. The van der Waals surface area contributed by atoms with Gasteiger partial charge in [-0.1, -0.05) is 0 Å². The normalized spacial score (nSPS) is 48.2. The van der Waals surface area contributed by atoms with Crippen LogP contribution in [0.1, 0.15) is 41.5 Å². The van der Waals surface area contributed by atoms with E-state index in [9.17, 15) is 141 Å². The van der Waals surface area contributed by atoms with Gasteiger partial charge in [0.15, 0.2) is 56.6 Å². The van der Waals surface area contributed by atoms with Crippen LogP contribution in [0.3, 0.4) is 0 Å². The number of hydrogen-bond acceptors (Lipinski definition) is 45. The van der Waals surface area contributed by atoms with E-state index in [2.05, 4.69) is 26.6 Å². The van der Waals surface area contributed by atoms with Crippen LogP contribution in [0.15, 0.2) is 0 Å². The molecule has 9 rings (SSSR count). The summed E-state index contributed by atoms with van der Waals surface area (Å²) in [6.07, 6.45) is -81.2. The number of rotatable bonds is 29. The first kappa shape index (κ1) is 93.6. The Morgan fingerprint density at radius 2 is 0.544 bits per heavy atom. The van der Waals surface area contributed by atoms with Crippen LogP contribution in [0, 0.1) is 0 Å². The standard InChI is InChI=1S/C64H107N5O45/c1-15-34(81)45(92)48(95)61(100-15)98-14-28-52(42(89)29(56(97)101-28)65-16(2)76)110-59-32(68-19(5)79)44(91)51(26(12-75)106-59)111-62-49(96)53(39(86)27(108-62)13-99-63-54(46(93)37(84)23(9-72)104-63)113-58-31(67-18(4)78)41(88)36(83)22(8-71)103-58)112-64-55(47(94)38(85)24(10-73)105-64)114-60-33(69-20(6)80)43(90)50(25(11-74)107-60)109-57-30(66-17(3)77)40(87)35(82)21(7-70)102-57/h15,21-64,70-75,81-97H,7-14H2,1-6H3,(H,65,76)(H,66,77)(H,67,78)(H,68,79)(H,69,80)/t15-,21+,22+,23+,24+,25+,26+,27+,28+,29+,30+,31+,32+,33+,34+,35-,36+,37+,38+,39+,40+,41+,42+,43+,44+,45+,46-,47-,48-,49-,50+,51+,52+,53-,54-,55-,56+,57-,58-,59-,60-,61+,62-,63-,64+/m0/s1. The minimum absolute atomic E-state index is 0.806. The van der Waals surface area contributed by atoms with Crippen molar-refractivity contribution in [3.05, 3.63) is 0 Å². The third kappa shape index (κ3) is 21.0. The van der Waals surface area contributed by atoms with Crippen LogP contribution in [-0.4, -0.2) is 476 Å². The largest absolute Gasteiger partial charge is 0.394 e. The molecule has 28 N–H and O–H groups in total. The van der Waals surface area contributed by atoms with Crippen LogP contribution in [-0.2, 0) is 104 Å². The number of amides is 5. The van der Waals surface area contributed by atoms with Crippen molar-refractivity contribution in [2.75, 3.05) is 52.9 Å². The monoisotopic (exact) mass is 1670 g/mol. The second kappa shape index (κ2) is 40.9. The minimum Gasteiger partial charge on any atom is -0.394 e. The summed E-state index contributed by atoms with van der Waals surface area (Å²) >= 11 is 0. The van der Waals surface area contributed by atoms with Crippen molar-refractivity contribution in [2.24, 2.45) is 0 Å². The Labute approximate surface area is 646 Å². The van der Waals surface area contributed by atoms with E-state index >= 15 is 0 Å². The van der Waals surface area contributed by atoms with E-state index < -0.39 is 358 Å². The maximum absolute atomic E-state index is 13.2. The zero-order valence-electron chi connectivity index (χ0n) is 61.9. The van der Waals surface area contributed by atoms with Crippen LogP contribution < -0.4 is 26.6 Å². The van der Waals surface area contributed by atoms with Crippen molar-refractivity contribution in [1.29, 1.82) is 0 Å². The van der Waals surface area contributed by atoms with Gasteiger partial charge in [0.25, 0.3) is 0 Å². The molecule has 50 nitrogen and oxygen atoms in total. The Bertz CT molecular complexity index is 3080. The zero-order chi connectivity index (χ0) is 84.1. The maximum Gasteiger partial charge on any atom is 0.217 e. The van der Waals surface area contributed by atoms with Gasteiger partial charge in [0, 0.05) is 34.6 Å². The molecule has 9 heterocycles. The summed E-state index contributed by atoms with van der Waals surface area (Å²) in [5, 5.41) is 269. The molecule has 658 valence electrons. The number of carbonyl (C=O) groups is 5. The number of carbonyl (C=O) groups excluding carboxylic acids is 5. The van der Waals surface area contributed by atoms with E-state index in [0.29, 0.717) is 0 Å². The van der Waals surface area contributed by atoms with Gasteiger partial charge in [-0.15, -0.1) is 0 Å². The molecule has 5 amide bonds. The molecule has 9 aliphatic heterocycles. The van der Waals surface area contributed by atoms with Gasteiger partial charge < -0.3 is 225 Å². The van der Waals surface area contributed by atoms with Crippen molar-refractivity contribution >= 4 is 29.5 Å². The predicted octanol–water partition coefficient (Wildman–Crippen LogP) is -18.9. The molecule has 0 spiro atoms. The molecule has 0 aliphatic carbocycles. The molecule has 114 heavy (non-hydrogen) atoms. The lowest BCUT2D eigenvalue weighted by molar-refractivity contribution is -0.398. The molecule has 0 aromatic carbocycles.